The van der Waals surface area contributed by atoms with Crippen LogP contribution in [0.3, 0.4) is 0 Å². The van der Waals surface area contributed by atoms with E-state index in [1.165, 1.54) is 71.2 Å². The third kappa shape index (κ3) is 2.45. The van der Waals surface area contributed by atoms with Crippen molar-refractivity contribution >= 4 is 0 Å². The van der Waals surface area contributed by atoms with Crippen LogP contribution >= 0.6 is 0 Å². The van der Waals surface area contributed by atoms with Crippen LogP contribution in [0.2, 0.25) is 0 Å². The van der Waals surface area contributed by atoms with E-state index in [1.54, 1.807) is 0 Å². The lowest BCUT2D eigenvalue weighted by atomic mass is 9.70. The second-order valence-corrected chi connectivity index (χ2v) is 7.08. The first kappa shape index (κ1) is 13.8. The molecule has 0 aromatic carbocycles. The van der Waals surface area contributed by atoms with Gasteiger partial charge in [-0.25, -0.2) is 0 Å². The lowest BCUT2D eigenvalue weighted by Gasteiger charge is -2.59. The third-order valence-electron chi connectivity index (χ3n) is 6.14. The Kier molecular flexibility index (Phi) is 4.16. The van der Waals surface area contributed by atoms with Crippen LogP contribution in [0.15, 0.2) is 0 Å². The van der Waals surface area contributed by atoms with Gasteiger partial charge in [-0.1, -0.05) is 19.8 Å². The van der Waals surface area contributed by atoms with Gasteiger partial charge in [0.2, 0.25) is 0 Å². The van der Waals surface area contributed by atoms with E-state index in [0.29, 0.717) is 5.54 Å². The Morgan fingerprint density at radius 2 is 1.74 bits per heavy atom. The number of fused-ring (bicyclic) bond motifs is 3. The van der Waals surface area contributed by atoms with Crippen molar-refractivity contribution in [2.75, 3.05) is 39.3 Å². The molecule has 4 aliphatic rings. The molecule has 2 bridgehead atoms. The van der Waals surface area contributed by atoms with Gasteiger partial charge in [-0.2, -0.15) is 0 Å². The highest BCUT2D eigenvalue weighted by Gasteiger charge is 2.49. The summed E-state index contributed by atoms with van der Waals surface area (Å²) in [7, 11) is 0. The Morgan fingerprint density at radius 1 is 1.05 bits per heavy atom. The minimum absolute atomic E-state index is 0.327. The molecular formula is C16H31N3. The van der Waals surface area contributed by atoms with Gasteiger partial charge in [0.25, 0.3) is 0 Å². The number of nitrogens with two attached hydrogens (primary N) is 1. The van der Waals surface area contributed by atoms with Crippen LogP contribution in [-0.2, 0) is 0 Å². The maximum atomic E-state index is 6.28. The number of hydrogen-bond donors (Lipinski definition) is 1. The summed E-state index contributed by atoms with van der Waals surface area (Å²) in [6.07, 6.45) is 8.35. The molecule has 0 aromatic rings. The highest BCUT2D eigenvalue weighted by atomic mass is 15.3. The van der Waals surface area contributed by atoms with Crippen LogP contribution in [0.4, 0.5) is 0 Å². The van der Waals surface area contributed by atoms with Crippen molar-refractivity contribution in [3.63, 3.8) is 0 Å². The van der Waals surface area contributed by atoms with E-state index < -0.39 is 0 Å². The summed E-state index contributed by atoms with van der Waals surface area (Å²) < 4.78 is 0. The van der Waals surface area contributed by atoms with Crippen molar-refractivity contribution in [2.24, 2.45) is 17.6 Å². The number of likely N-dealkylation sites (tertiary alicyclic amines) is 1. The van der Waals surface area contributed by atoms with Gasteiger partial charge in [0.1, 0.15) is 0 Å². The molecule has 2 N–H and O–H groups in total. The maximum absolute atomic E-state index is 6.28. The van der Waals surface area contributed by atoms with Gasteiger partial charge < -0.3 is 10.6 Å². The van der Waals surface area contributed by atoms with Crippen LogP contribution in [0, 0.1) is 11.8 Å². The van der Waals surface area contributed by atoms with Crippen LogP contribution in [0.1, 0.15) is 45.4 Å². The minimum Gasteiger partial charge on any atom is -0.329 e. The lowest BCUT2D eigenvalue weighted by molar-refractivity contribution is -0.0788. The summed E-state index contributed by atoms with van der Waals surface area (Å²) in [5.41, 5.74) is 6.61. The molecule has 19 heavy (non-hydrogen) atoms. The molecule has 0 aromatic heterocycles. The van der Waals surface area contributed by atoms with Crippen molar-refractivity contribution in [3.8, 4) is 0 Å². The number of piperidine rings is 4. The SMILES string of the molecule is CCCC1CCN(C2(CN)CN3CCC2CC3)CC1. The first-order valence-corrected chi connectivity index (χ1v) is 8.46. The molecule has 3 nitrogen and oxygen atoms in total. The molecule has 4 fully saturated rings. The summed E-state index contributed by atoms with van der Waals surface area (Å²) in [5, 5.41) is 0. The average molecular weight is 265 g/mol. The Hall–Kier alpha value is -0.120. The van der Waals surface area contributed by atoms with Gasteiger partial charge in [0.15, 0.2) is 0 Å². The summed E-state index contributed by atoms with van der Waals surface area (Å²) >= 11 is 0. The molecule has 0 radical (unpaired) electrons. The standard InChI is InChI=1S/C16H31N3/c1-2-3-14-4-10-19(11-5-14)16(12-17)13-18-8-6-15(16)7-9-18/h14-15H,2-13,17H2,1H3. The Bertz CT molecular complexity index is 290. The Morgan fingerprint density at radius 3 is 2.21 bits per heavy atom. The minimum atomic E-state index is 0.327. The fourth-order valence-corrected chi connectivity index (χ4v) is 4.94. The Labute approximate surface area is 118 Å². The van der Waals surface area contributed by atoms with Gasteiger partial charge in [0.05, 0.1) is 0 Å². The number of nitrogens with zero attached hydrogens (tertiary/aromatic N) is 2. The second-order valence-electron chi connectivity index (χ2n) is 7.08. The molecule has 4 saturated heterocycles. The third-order valence-corrected chi connectivity index (χ3v) is 6.14. The average Bonchev–Trinajstić information content (AvgIpc) is 2.49. The van der Waals surface area contributed by atoms with Crippen LogP contribution < -0.4 is 5.73 Å². The van der Waals surface area contributed by atoms with Crippen molar-refractivity contribution in [1.29, 1.82) is 0 Å². The fourth-order valence-electron chi connectivity index (χ4n) is 4.94. The van der Waals surface area contributed by atoms with E-state index in [0.717, 1.165) is 18.4 Å². The monoisotopic (exact) mass is 265 g/mol. The molecule has 1 unspecified atom stereocenters. The lowest BCUT2D eigenvalue weighted by Crippen LogP contribution is -2.70. The summed E-state index contributed by atoms with van der Waals surface area (Å²) in [6.45, 7) is 9.66. The van der Waals surface area contributed by atoms with E-state index in [-0.39, 0.29) is 0 Å². The second kappa shape index (κ2) is 5.71. The molecule has 4 heterocycles. The summed E-state index contributed by atoms with van der Waals surface area (Å²) in [6, 6.07) is 0. The van der Waals surface area contributed by atoms with E-state index in [9.17, 15) is 0 Å². The molecule has 110 valence electrons. The topological polar surface area (TPSA) is 32.5 Å². The summed E-state index contributed by atoms with van der Waals surface area (Å²) in [4.78, 5) is 5.44. The predicted molar refractivity (Wildman–Crippen MR) is 80.2 cm³/mol. The van der Waals surface area contributed by atoms with E-state index >= 15 is 0 Å². The highest BCUT2D eigenvalue weighted by Crippen LogP contribution is 2.41. The van der Waals surface area contributed by atoms with Crippen molar-refractivity contribution < 1.29 is 0 Å². The van der Waals surface area contributed by atoms with E-state index in [2.05, 4.69) is 16.7 Å². The molecule has 0 spiro atoms. The zero-order chi connectivity index (χ0) is 13.3. The van der Waals surface area contributed by atoms with Gasteiger partial charge in [-0.15, -0.1) is 0 Å². The molecule has 4 aliphatic heterocycles. The van der Waals surface area contributed by atoms with Crippen molar-refractivity contribution in [2.45, 2.75) is 51.0 Å². The number of hydrogen-bond acceptors (Lipinski definition) is 3. The zero-order valence-electron chi connectivity index (χ0n) is 12.6. The molecule has 1 atom stereocenters. The molecule has 0 saturated carbocycles. The molecule has 0 amide bonds. The molecule has 0 aliphatic carbocycles. The first-order valence-electron chi connectivity index (χ1n) is 8.46. The molecule has 4 rings (SSSR count). The van der Waals surface area contributed by atoms with Crippen LogP contribution in [0.25, 0.3) is 0 Å². The van der Waals surface area contributed by atoms with Gasteiger partial charge in [-0.05, 0) is 63.7 Å². The van der Waals surface area contributed by atoms with Crippen LogP contribution in [-0.4, -0.2) is 54.6 Å². The fraction of sp³-hybridized carbons (Fsp3) is 1.00. The highest BCUT2D eigenvalue weighted by molar-refractivity contribution is 5.06. The predicted octanol–water partition coefficient (Wildman–Crippen LogP) is 1.92. The maximum Gasteiger partial charge on any atom is 0.0487 e. The summed E-state index contributed by atoms with van der Waals surface area (Å²) in [5.74, 6) is 1.85. The van der Waals surface area contributed by atoms with E-state index in [1.807, 2.05) is 0 Å². The molecule has 3 heteroatoms. The van der Waals surface area contributed by atoms with Gasteiger partial charge >= 0.3 is 0 Å². The van der Waals surface area contributed by atoms with Crippen molar-refractivity contribution in [1.82, 2.24) is 9.80 Å². The zero-order valence-corrected chi connectivity index (χ0v) is 12.6. The quantitative estimate of drug-likeness (QED) is 0.843. The smallest absolute Gasteiger partial charge is 0.0487 e. The van der Waals surface area contributed by atoms with E-state index in [4.69, 9.17) is 5.73 Å². The largest absolute Gasteiger partial charge is 0.329 e. The van der Waals surface area contributed by atoms with Gasteiger partial charge in [0, 0.05) is 18.6 Å². The normalized spacial score (nSPS) is 40.7. The van der Waals surface area contributed by atoms with Crippen LogP contribution in [0.5, 0.6) is 0 Å². The Balaban J connectivity index is 1.66. The first-order chi connectivity index (χ1) is 9.28. The van der Waals surface area contributed by atoms with Gasteiger partial charge in [-0.3, -0.25) is 4.90 Å². The number of rotatable bonds is 4. The molecular weight excluding hydrogens is 234 g/mol. The van der Waals surface area contributed by atoms with Crippen molar-refractivity contribution in [3.05, 3.63) is 0 Å².